The molecule has 1 aliphatic heterocycles. The summed E-state index contributed by atoms with van der Waals surface area (Å²) in [7, 11) is 0. The predicted octanol–water partition coefficient (Wildman–Crippen LogP) is -0.516. The molecule has 0 saturated carbocycles. The van der Waals surface area contributed by atoms with Crippen LogP contribution in [0.25, 0.3) is 11.2 Å². The van der Waals surface area contributed by atoms with Crippen molar-refractivity contribution in [2.75, 3.05) is 6.61 Å². The van der Waals surface area contributed by atoms with Crippen LogP contribution in [0.5, 0.6) is 0 Å². The number of halogens is 1. The van der Waals surface area contributed by atoms with Crippen LogP contribution in [-0.2, 0) is 4.74 Å². The highest BCUT2D eigenvalue weighted by Crippen LogP contribution is 2.28. The van der Waals surface area contributed by atoms with Crippen LogP contribution in [0.1, 0.15) is 12.6 Å². The number of nitrogens with zero attached hydrogens (tertiary/aromatic N) is 3. The van der Waals surface area contributed by atoms with E-state index in [0.717, 1.165) is 0 Å². The normalized spacial score (nSPS) is 27.2. The Kier molecular flexibility index (Phi) is 3.28. The number of hydrogen-bond acceptors (Lipinski definition) is 6. The first-order valence-corrected chi connectivity index (χ1v) is 6.79. The number of aromatic amines is 1. The third-order valence-electron chi connectivity index (χ3n) is 3.17. The van der Waals surface area contributed by atoms with Crippen molar-refractivity contribution in [3.63, 3.8) is 0 Å². The van der Waals surface area contributed by atoms with Crippen molar-refractivity contribution in [1.82, 2.24) is 19.5 Å². The SMILES string of the molecule is N=c1c2[nH]cnc2nc(I)n1C1C[C@H](O)[C@@H](CO)O1. The number of aromatic nitrogens is 4. The molecule has 1 unspecified atom stereocenters. The first-order chi connectivity index (χ1) is 9.11. The minimum atomic E-state index is -0.741. The fourth-order valence-electron chi connectivity index (χ4n) is 2.20. The largest absolute Gasteiger partial charge is 0.394 e. The average molecular weight is 377 g/mol. The maximum Gasteiger partial charge on any atom is 0.183 e. The van der Waals surface area contributed by atoms with Crippen molar-refractivity contribution >= 4 is 33.8 Å². The van der Waals surface area contributed by atoms with Crippen LogP contribution in [0.3, 0.4) is 0 Å². The minimum Gasteiger partial charge on any atom is -0.394 e. The molecular formula is C10H12IN5O3. The summed E-state index contributed by atoms with van der Waals surface area (Å²) in [5.41, 5.74) is 1.19. The van der Waals surface area contributed by atoms with Crippen molar-refractivity contribution in [3.05, 3.63) is 15.6 Å². The van der Waals surface area contributed by atoms with Gasteiger partial charge in [-0.25, -0.2) is 9.97 Å². The second-order valence-electron chi connectivity index (χ2n) is 4.32. The van der Waals surface area contributed by atoms with E-state index >= 15 is 0 Å². The van der Waals surface area contributed by atoms with Gasteiger partial charge < -0.3 is 19.9 Å². The molecule has 0 aliphatic carbocycles. The van der Waals surface area contributed by atoms with E-state index in [1.165, 1.54) is 6.33 Å². The van der Waals surface area contributed by atoms with E-state index in [1.54, 1.807) is 4.57 Å². The molecule has 1 aliphatic rings. The van der Waals surface area contributed by atoms with Crippen LogP contribution in [0.2, 0.25) is 0 Å². The van der Waals surface area contributed by atoms with Gasteiger partial charge in [-0.3, -0.25) is 9.98 Å². The average Bonchev–Trinajstić information content (AvgIpc) is 2.95. The van der Waals surface area contributed by atoms with E-state index in [-0.39, 0.29) is 12.1 Å². The van der Waals surface area contributed by atoms with Gasteiger partial charge in [-0.2, -0.15) is 0 Å². The number of rotatable bonds is 2. The summed E-state index contributed by atoms with van der Waals surface area (Å²) in [6.07, 6.45) is -0.0668. The smallest absolute Gasteiger partial charge is 0.183 e. The molecular weight excluding hydrogens is 365 g/mol. The fraction of sp³-hybridized carbons (Fsp3) is 0.500. The molecule has 0 bridgehead atoms. The van der Waals surface area contributed by atoms with Gasteiger partial charge in [0.2, 0.25) is 0 Å². The van der Waals surface area contributed by atoms with E-state index < -0.39 is 18.4 Å². The molecule has 1 saturated heterocycles. The highest BCUT2D eigenvalue weighted by atomic mass is 127. The van der Waals surface area contributed by atoms with Crippen molar-refractivity contribution in [2.45, 2.75) is 24.9 Å². The van der Waals surface area contributed by atoms with Crippen molar-refractivity contribution in [1.29, 1.82) is 5.41 Å². The second-order valence-corrected chi connectivity index (χ2v) is 5.28. The predicted molar refractivity (Wildman–Crippen MR) is 72.1 cm³/mol. The summed E-state index contributed by atoms with van der Waals surface area (Å²) in [4.78, 5) is 11.2. The van der Waals surface area contributed by atoms with E-state index in [9.17, 15) is 5.11 Å². The molecule has 0 aromatic carbocycles. The Bertz CT molecular complexity index is 669. The first-order valence-electron chi connectivity index (χ1n) is 5.72. The van der Waals surface area contributed by atoms with Gasteiger partial charge in [0.1, 0.15) is 17.8 Å². The topological polar surface area (TPSA) is 120 Å². The maximum atomic E-state index is 9.77. The number of nitrogens with one attached hydrogen (secondary N) is 2. The van der Waals surface area contributed by atoms with Crippen molar-refractivity contribution in [3.8, 4) is 0 Å². The molecule has 3 atom stereocenters. The Labute approximate surface area is 121 Å². The Morgan fingerprint density at radius 1 is 1.63 bits per heavy atom. The van der Waals surface area contributed by atoms with E-state index in [1.807, 2.05) is 22.6 Å². The van der Waals surface area contributed by atoms with E-state index in [2.05, 4.69) is 15.0 Å². The fourth-order valence-corrected chi connectivity index (χ4v) is 2.98. The highest BCUT2D eigenvalue weighted by molar-refractivity contribution is 14.1. The highest BCUT2D eigenvalue weighted by Gasteiger charge is 2.35. The second kappa shape index (κ2) is 4.81. The Hall–Kier alpha value is -1.04. The molecule has 102 valence electrons. The quantitative estimate of drug-likeness (QED) is 0.415. The zero-order valence-corrected chi connectivity index (χ0v) is 11.9. The third-order valence-corrected chi connectivity index (χ3v) is 3.93. The molecule has 4 N–H and O–H groups in total. The summed E-state index contributed by atoms with van der Waals surface area (Å²) in [6.45, 7) is -0.248. The lowest BCUT2D eigenvalue weighted by molar-refractivity contribution is -0.0469. The zero-order valence-electron chi connectivity index (χ0n) is 9.75. The monoisotopic (exact) mass is 377 g/mol. The van der Waals surface area contributed by atoms with Crippen LogP contribution in [0.4, 0.5) is 0 Å². The van der Waals surface area contributed by atoms with E-state index in [0.29, 0.717) is 21.4 Å². The number of hydrogen-bond donors (Lipinski definition) is 4. The van der Waals surface area contributed by atoms with Crippen LogP contribution < -0.4 is 5.49 Å². The molecule has 3 heterocycles. The molecule has 0 spiro atoms. The van der Waals surface area contributed by atoms with Gasteiger partial charge in [0.25, 0.3) is 0 Å². The van der Waals surface area contributed by atoms with Gasteiger partial charge in [0.15, 0.2) is 15.0 Å². The molecule has 3 rings (SSSR count). The van der Waals surface area contributed by atoms with Gasteiger partial charge in [0, 0.05) is 29.0 Å². The maximum absolute atomic E-state index is 9.77. The lowest BCUT2D eigenvalue weighted by atomic mass is 10.2. The van der Waals surface area contributed by atoms with Gasteiger partial charge in [0.05, 0.1) is 19.0 Å². The summed E-state index contributed by atoms with van der Waals surface area (Å²) in [6, 6.07) is 0. The van der Waals surface area contributed by atoms with Crippen molar-refractivity contribution < 1.29 is 14.9 Å². The van der Waals surface area contributed by atoms with Gasteiger partial charge in [-0.15, -0.1) is 0 Å². The van der Waals surface area contributed by atoms with Crippen LogP contribution in [0, 0.1) is 9.24 Å². The number of fused-ring (bicyclic) bond motifs is 1. The summed E-state index contributed by atoms with van der Waals surface area (Å²) >= 11 is 2.00. The Balaban J connectivity index is 2.08. The number of aliphatic hydroxyl groups is 2. The summed E-state index contributed by atoms with van der Waals surface area (Å²) in [5.74, 6) is 0. The molecule has 19 heavy (non-hydrogen) atoms. The molecule has 2 aromatic heterocycles. The van der Waals surface area contributed by atoms with Gasteiger partial charge in [-0.1, -0.05) is 0 Å². The number of H-pyrrole nitrogens is 1. The van der Waals surface area contributed by atoms with Gasteiger partial charge in [-0.05, 0) is 0 Å². The van der Waals surface area contributed by atoms with Crippen LogP contribution in [-0.4, -0.2) is 48.5 Å². The Morgan fingerprint density at radius 2 is 2.42 bits per heavy atom. The molecule has 1 fully saturated rings. The molecule has 0 amide bonds. The molecule has 9 heteroatoms. The number of imidazole rings is 1. The summed E-state index contributed by atoms with van der Waals surface area (Å²) < 4.78 is 7.70. The lowest BCUT2D eigenvalue weighted by Crippen LogP contribution is -2.29. The Morgan fingerprint density at radius 3 is 3.11 bits per heavy atom. The van der Waals surface area contributed by atoms with Gasteiger partial charge >= 0.3 is 0 Å². The van der Waals surface area contributed by atoms with Crippen LogP contribution in [0.15, 0.2) is 6.33 Å². The van der Waals surface area contributed by atoms with Crippen LogP contribution >= 0.6 is 22.6 Å². The number of ether oxygens (including phenoxy) is 1. The zero-order chi connectivity index (χ0) is 13.6. The number of aliphatic hydroxyl groups excluding tert-OH is 2. The molecule has 8 nitrogen and oxygen atoms in total. The first kappa shape index (κ1) is 13.0. The molecule has 0 radical (unpaired) electrons. The summed E-state index contributed by atoms with van der Waals surface area (Å²) in [5, 5.41) is 27.1. The lowest BCUT2D eigenvalue weighted by Gasteiger charge is -2.17. The van der Waals surface area contributed by atoms with E-state index in [4.69, 9.17) is 15.3 Å². The standard InChI is InChI=1S/C10H12IN5O3/c11-10-15-9-7(13-3-14-9)8(12)16(10)6-1-4(18)5(2-17)19-6/h3-6,12,17-18H,1-2H2,(H,13,14)/t4-,5+,6?/m0/s1. The van der Waals surface area contributed by atoms with Crippen molar-refractivity contribution in [2.24, 2.45) is 0 Å². The minimum absolute atomic E-state index is 0.197. The third kappa shape index (κ3) is 2.06. The molecule has 2 aromatic rings.